The number of carbonyl (C=O) groups is 2. The quantitative estimate of drug-likeness (QED) is 0.914. The number of para-hydroxylation sites is 1. The molecular formula is C17H22ClN3O2. The zero-order chi connectivity index (χ0) is 16.4. The monoisotopic (exact) mass is 335 g/mol. The van der Waals surface area contributed by atoms with E-state index in [9.17, 15) is 9.59 Å². The first-order chi connectivity index (χ1) is 11.1. The molecule has 1 N–H and O–H groups in total. The van der Waals surface area contributed by atoms with Gasteiger partial charge in [0.2, 0.25) is 11.8 Å². The van der Waals surface area contributed by atoms with E-state index in [0.29, 0.717) is 17.3 Å². The molecule has 0 aliphatic carbocycles. The molecule has 2 fully saturated rings. The molecular weight excluding hydrogens is 314 g/mol. The number of rotatable bonds is 4. The Kier molecular flexibility index (Phi) is 4.87. The Hall–Kier alpha value is -1.59. The Bertz CT molecular complexity index is 607. The number of amides is 2. The van der Waals surface area contributed by atoms with Crippen molar-refractivity contribution in [2.24, 2.45) is 5.92 Å². The van der Waals surface area contributed by atoms with Crippen LogP contribution in [-0.2, 0) is 9.59 Å². The van der Waals surface area contributed by atoms with Crippen LogP contribution in [0.5, 0.6) is 0 Å². The van der Waals surface area contributed by atoms with Crippen LogP contribution in [-0.4, -0.2) is 49.4 Å². The standard InChI is InChI=1S/C17H22ClN3O2/c1-19-10-13-5-4-8-20(13)17(23)12-9-16(22)21(11-12)15-7-3-2-6-14(15)18/h2-3,6-7,12-13,19H,4-5,8-11H2,1H3. The lowest BCUT2D eigenvalue weighted by atomic mass is 10.1. The summed E-state index contributed by atoms with van der Waals surface area (Å²) in [6.07, 6.45) is 2.33. The highest BCUT2D eigenvalue weighted by Gasteiger charge is 2.40. The summed E-state index contributed by atoms with van der Waals surface area (Å²) in [7, 11) is 1.90. The van der Waals surface area contributed by atoms with Crippen molar-refractivity contribution in [3.05, 3.63) is 29.3 Å². The third-order valence-electron chi connectivity index (χ3n) is 4.72. The van der Waals surface area contributed by atoms with Crippen molar-refractivity contribution in [3.8, 4) is 0 Å². The Morgan fingerprint density at radius 1 is 1.39 bits per heavy atom. The molecule has 2 aliphatic rings. The maximum atomic E-state index is 12.8. The van der Waals surface area contributed by atoms with Crippen LogP contribution >= 0.6 is 11.6 Å². The molecule has 6 heteroatoms. The minimum absolute atomic E-state index is 0.0270. The average molecular weight is 336 g/mol. The summed E-state index contributed by atoms with van der Waals surface area (Å²) >= 11 is 6.19. The summed E-state index contributed by atoms with van der Waals surface area (Å²) in [5.74, 6) is -0.192. The number of hydrogen-bond acceptors (Lipinski definition) is 3. The molecule has 2 amide bonds. The van der Waals surface area contributed by atoms with Crippen molar-refractivity contribution in [2.45, 2.75) is 25.3 Å². The van der Waals surface area contributed by atoms with Gasteiger partial charge in [0.1, 0.15) is 0 Å². The summed E-state index contributed by atoms with van der Waals surface area (Å²) in [6, 6.07) is 7.53. The van der Waals surface area contributed by atoms with Crippen molar-refractivity contribution < 1.29 is 9.59 Å². The van der Waals surface area contributed by atoms with Gasteiger partial charge in [-0.15, -0.1) is 0 Å². The van der Waals surface area contributed by atoms with Gasteiger partial charge >= 0.3 is 0 Å². The van der Waals surface area contributed by atoms with Gasteiger partial charge in [-0.2, -0.15) is 0 Å². The van der Waals surface area contributed by atoms with E-state index in [1.165, 1.54) is 0 Å². The van der Waals surface area contributed by atoms with E-state index < -0.39 is 0 Å². The van der Waals surface area contributed by atoms with Gasteiger partial charge in [-0.3, -0.25) is 9.59 Å². The predicted molar refractivity (Wildman–Crippen MR) is 90.6 cm³/mol. The van der Waals surface area contributed by atoms with Gasteiger partial charge in [0.15, 0.2) is 0 Å². The van der Waals surface area contributed by atoms with Gasteiger partial charge < -0.3 is 15.1 Å². The van der Waals surface area contributed by atoms with Gasteiger partial charge in [-0.25, -0.2) is 0 Å². The molecule has 2 saturated heterocycles. The summed E-state index contributed by atoms with van der Waals surface area (Å²) in [6.45, 7) is 2.02. The summed E-state index contributed by atoms with van der Waals surface area (Å²) in [5.41, 5.74) is 0.697. The van der Waals surface area contributed by atoms with Crippen molar-refractivity contribution in [1.82, 2.24) is 10.2 Å². The lowest BCUT2D eigenvalue weighted by Crippen LogP contribution is -2.44. The zero-order valence-electron chi connectivity index (χ0n) is 13.3. The molecule has 1 aromatic carbocycles. The van der Waals surface area contributed by atoms with Crippen LogP contribution in [0.1, 0.15) is 19.3 Å². The number of halogens is 1. The maximum Gasteiger partial charge on any atom is 0.228 e. The predicted octanol–water partition coefficient (Wildman–Crippen LogP) is 1.90. The fraction of sp³-hybridized carbons (Fsp3) is 0.529. The van der Waals surface area contributed by atoms with E-state index in [-0.39, 0.29) is 30.2 Å². The molecule has 0 aromatic heterocycles. The van der Waals surface area contributed by atoms with Crippen LogP contribution in [0.3, 0.4) is 0 Å². The fourth-order valence-electron chi connectivity index (χ4n) is 3.58. The molecule has 2 atom stereocenters. The highest BCUT2D eigenvalue weighted by atomic mass is 35.5. The SMILES string of the molecule is CNCC1CCCN1C(=O)C1CC(=O)N(c2ccccc2Cl)C1. The Morgan fingerprint density at radius 2 is 2.17 bits per heavy atom. The van der Waals surface area contributed by atoms with Gasteiger partial charge in [-0.1, -0.05) is 23.7 Å². The van der Waals surface area contributed by atoms with Crippen molar-refractivity contribution in [2.75, 3.05) is 31.6 Å². The maximum absolute atomic E-state index is 12.8. The number of nitrogens with zero attached hydrogens (tertiary/aromatic N) is 2. The van der Waals surface area contributed by atoms with Crippen LogP contribution in [0, 0.1) is 5.92 Å². The average Bonchev–Trinajstić information content (AvgIpc) is 3.14. The molecule has 1 aromatic rings. The highest BCUT2D eigenvalue weighted by Crippen LogP contribution is 2.32. The van der Waals surface area contributed by atoms with Crippen molar-refractivity contribution in [1.29, 1.82) is 0 Å². The molecule has 124 valence electrons. The third-order valence-corrected chi connectivity index (χ3v) is 5.04. The zero-order valence-corrected chi connectivity index (χ0v) is 14.1. The van der Waals surface area contributed by atoms with Gasteiger partial charge in [0, 0.05) is 32.1 Å². The van der Waals surface area contributed by atoms with Crippen LogP contribution in [0.2, 0.25) is 5.02 Å². The summed E-state index contributed by atoms with van der Waals surface area (Å²) < 4.78 is 0. The molecule has 2 heterocycles. The van der Waals surface area contributed by atoms with E-state index in [2.05, 4.69) is 5.32 Å². The summed E-state index contributed by atoms with van der Waals surface area (Å²) in [5, 5.41) is 3.69. The topological polar surface area (TPSA) is 52.7 Å². The molecule has 3 rings (SSSR count). The number of benzene rings is 1. The molecule has 0 saturated carbocycles. The number of likely N-dealkylation sites (N-methyl/N-ethyl adjacent to an activating group) is 1. The summed E-state index contributed by atoms with van der Waals surface area (Å²) in [4.78, 5) is 28.8. The molecule has 23 heavy (non-hydrogen) atoms. The second-order valence-electron chi connectivity index (χ2n) is 6.24. The van der Waals surface area contributed by atoms with Crippen LogP contribution in [0.25, 0.3) is 0 Å². The first-order valence-corrected chi connectivity index (χ1v) is 8.49. The molecule has 0 bridgehead atoms. The van der Waals surface area contributed by atoms with Crippen LogP contribution in [0.4, 0.5) is 5.69 Å². The van der Waals surface area contributed by atoms with E-state index >= 15 is 0 Å². The first kappa shape index (κ1) is 16.3. The number of likely N-dealkylation sites (tertiary alicyclic amines) is 1. The van der Waals surface area contributed by atoms with Crippen LogP contribution < -0.4 is 10.2 Å². The third kappa shape index (κ3) is 3.21. The minimum atomic E-state index is -0.267. The first-order valence-electron chi connectivity index (χ1n) is 8.11. The fourth-order valence-corrected chi connectivity index (χ4v) is 3.82. The molecule has 2 aliphatic heterocycles. The Labute approximate surface area is 141 Å². The Morgan fingerprint density at radius 3 is 2.91 bits per heavy atom. The second kappa shape index (κ2) is 6.89. The number of hydrogen-bond donors (Lipinski definition) is 1. The smallest absolute Gasteiger partial charge is 0.228 e. The largest absolute Gasteiger partial charge is 0.338 e. The number of nitrogens with one attached hydrogen (secondary N) is 1. The lowest BCUT2D eigenvalue weighted by molar-refractivity contribution is -0.136. The lowest BCUT2D eigenvalue weighted by Gasteiger charge is -2.27. The molecule has 2 unspecified atom stereocenters. The van der Waals surface area contributed by atoms with Gasteiger partial charge in [0.25, 0.3) is 0 Å². The molecule has 5 nitrogen and oxygen atoms in total. The van der Waals surface area contributed by atoms with Gasteiger partial charge in [-0.05, 0) is 32.0 Å². The molecule has 0 radical (unpaired) electrons. The van der Waals surface area contributed by atoms with E-state index in [1.54, 1.807) is 11.0 Å². The molecule has 0 spiro atoms. The number of carbonyl (C=O) groups excluding carboxylic acids is 2. The van der Waals surface area contributed by atoms with E-state index in [0.717, 1.165) is 25.9 Å². The Balaban J connectivity index is 1.72. The van der Waals surface area contributed by atoms with Crippen molar-refractivity contribution >= 4 is 29.1 Å². The number of anilines is 1. The normalized spacial score (nSPS) is 24.5. The van der Waals surface area contributed by atoms with E-state index in [1.807, 2.05) is 30.1 Å². The minimum Gasteiger partial charge on any atom is -0.338 e. The second-order valence-corrected chi connectivity index (χ2v) is 6.65. The van der Waals surface area contributed by atoms with Crippen molar-refractivity contribution in [3.63, 3.8) is 0 Å². The van der Waals surface area contributed by atoms with Gasteiger partial charge in [0.05, 0.1) is 16.6 Å². The highest BCUT2D eigenvalue weighted by molar-refractivity contribution is 6.33. The van der Waals surface area contributed by atoms with Crippen LogP contribution in [0.15, 0.2) is 24.3 Å². The van der Waals surface area contributed by atoms with E-state index in [4.69, 9.17) is 11.6 Å².